The molecule has 21 heavy (non-hydrogen) atoms. The van der Waals surface area contributed by atoms with E-state index < -0.39 is 0 Å². The molecule has 112 valence electrons. The molecule has 1 atom stereocenters. The van der Waals surface area contributed by atoms with Crippen LogP contribution in [0.1, 0.15) is 38.3 Å². The summed E-state index contributed by atoms with van der Waals surface area (Å²) in [7, 11) is 0. The molecule has 0 fully saturated rings. The summed E-state index contributed by atoms with van der Waals surface area (Å²) in [5.41, 5.74) is 10.1. The largest absolute Gasteiger partial charge is 0.341 e. The zero-order valence-electron chi connectivity index (χ0n) is 12.7. The van der Waals surface area contributed by atoms with Crippen LogP contribution in [0.15, 0.2) is 42.5 Å². The van der Waals surface area contributed by atoms with Crippen LogP contribution in [0.4, 0.5) is 0 Å². The maximum Gasteiger partial charge on any atom is 0.0491 e. The Kier molecular flexibility index (Phi) is 4.92. The number of aromatic nitrogens is 1. The van der Waals surface area contributed by atoms with Gasteiger partial charge in [-0.05, 0) is 37.1 Å². The summed E-state index contributed by atoms with van der Waals surface area (Å²) in [6.07, 6.45) is 2.16. The lowest BCUT2D eigenvalue weighted by Crippen LogP contribution is -2.09. The average molecular weight is 303 g/mol. The van der Waals surface area contributed by atoms with Crippen molar-refractivity contribution in [2.45, 2.75) is 39.3 Å². The van der Waals surface area contributed by atoms with Crippen LogP contribution in [-0.2, 0) is 6.54 Å². The predicted octanol–water partition coefficient (Wildman–Crippen LogP) is 5.04. The summed E-state index contributed by atoms with van der Waals surface area (Å²) in [4.78, 5) is 0. The fourth-order valence-corrected chi connectivity index (χ4v) is 3.12. The highest BCUT2D eigenvalue weighted by Crippen LogP contribution is 2.31. The first-order chi connectivity index (χ1) is 9.76. The number of aryl methyl sites for hydroxylation is 1. The standard InChI is InChI=1S/C18H22N2.ClH/c1-3-7-16(19)13-10-11-18-15(12-13)14-8-5-6-9-17(14)20(18)4-2;/h5-6,8-12,16H,3-4,7,19H2,1-2H3;1H/t16-;/m1./s1. The van der Waals surface area contributed by atoms with Crippen LogP contribution in [0.2, 0.25) is 0 Å². The van der Waals surface area contributed by atoms with Gasteiger partial charge in [-0.25, -0.2) is 0 Å². The number of halogens is 1. The second kappa shape index (κ2) is 6.50. The van der Waals surface area contributed by atoms with Gasteiger partial charge in [-0.2, -0.15) is 0 Å². The lowest BCUT2D eigenvalue weighted by atomic mass is 10.0. The Labute approximate surface area is 132 Å². The van der Waals surface area contributed by atoms with Gasteiger partial charge < -0.3 is 10.3 Å². The molecule has 0 spiro atoms. The Balaban J connectivity index is 0.00000161. The molecule has 3 rings (SSSR count). The lowest BCUT2D eigenvalue weighted by Gasteiger charge is -2.11. The van der Waals surface area contributed by atoms with Crippen LogP contribution in [0, 0.1) is 0 Å². The van der Waals surface area contributed by atoms with Crippen LogP contribution >= 0.6 is 12.4 Å². The van der Waals surface area contributed by atoms with Gasteiger partial charge in [0.25, 0.3) is 0 Å². The monoisotopic (exact) mass is 302 g/mol. The predicted molar refractivity (Wildman–Crippen MR) is 94.2 cm³/mol. The van der Waals surface area contributed by atoms with E-state index in [4.69, 9.17) is 5.73 Å². The van der Waals surface area contributed by atoms with Gasteiger partial charge in [-0.1, -0.05) is 37.6 Å². The van der Waals surface area contributed by atoms with E-state index in [1.165, 1.54) is 27.4 Å². The fraction of sp³-hybridized carbons (Fsp3) is 0.333. The van der Waals surface area contributed by atoms with Crippen molar-refractivity contribution in [3.63, 3.8) is 0 Å². The number of nitrogens with two attached hydrogens (primary N) is 1. The number of fused-ring (bicyclic) bond motifs is 3. The highest BCUT2D eigenvalue weighted by atomic mass is 35.5. The van der Waals surface area contributed by atoms with Crippen LogP contribution < -0.4 is 5.73 Å². The third-order valence-electron chi connectivity index (χ3n) is 4.14. The van der Waals surface area contributed by atoms with Gasteiger partial charge >= 0.3 is 0 Å². The second-order valence-corrected chi connectivity index (χ2v) is 5.43. The molecule has 0 radical (unpaired) electrons. The molecular formula is C18H23ClN2. The number of hydrogen-bond acceptors (Lipinski definition) is 1. The summed E-state index contributed by atoms with van der Waals surface area (Å²) in [5, 5.41) is 2.65. The molecule has 2 aromatic carbocycles. The van der Waals surface area contributed by atoms with Crippen molar-refractivity contribution in [3.05, 3.63) is 48.0 Å². The Bertz CT molecular complexity index is 745. The Morgan fingerprint density at radius 1 is 1.00 bits per heavy atom. The first-order valence-electron chi connectivity index (χ1n) is 7.52. The highest BCUT2D eigenvalue weighted by Gasteiger charge is 2.11. The van der Waals surface area contributed by atoms with Crippen molar-refractivity contribution in [2.75, 3.05) is 0 Å². The molecule has 0 aliphatic rings. The molecule has 0 aliphatic heterocycles. The summed E-state index contributed by atoms with van der Waals surface area (Å²) in [6, 6.07) is 15.5. The van der Waals surface area contributed by atoms with Crippen molar-refractivity contribution in [2.24, 2.45) is 5.73 Å². The number of hydrogen-bond donors (Lipinski definition) is 1. The number of para-hydroxylation sites is 1. The van der Waals surface area contributed by atoms with Crippen molar-refractivity contribution in [1.29, 1.82) is 0 Å². The normalized spacial score (nSPS) is 12.5. The smallest absolute Gasteiger partial charge is 0.0491 e. The minimum atomic E-state index is 0. The van der Waals surface area contributed by atoms with E-state index in [0.717, 1.165) is 19.4 Å². The molecule has 0 amide bonds. The zero-order chi connectivity index (χ0) is 14.1. The van der Waals surface area contributed by atoms with Gasteiger partial charge in [-0.3, -0.25) is 0 Å². The maximum atomic E-state index is 6.27. The molecule has 0 saturated heterocycles. The molecule has 0 bridgehead atoms. The van der Waals surface area contributed by atoms with E-state index in [2.05, 4.69) is 60.9 Å². The van der Waals surface area contributed by atoms with Gasteiger partial charge in [0.2, 0.25) is 0 Å². The Morgan fingerprint density at radius 3 is 2.43 bits per heavy atom. The zero-order valence-corrected chi connectivity index (χ0v) is 13.5. The van der Waals surface area contributed by atoms with Crippen LogP contribution in [0.3, 0.4) is 0 Å². The van der Waals surface area contributed by atoms with Gasteiger partial charge in [-0.15, -0.1) is 12.4 Å². The van der Waals surface area contributed by atoms with Crippen molar-refractivity contribution < 1.29 is 0 Å². The Hall–Kier alpha value is -1.51. The first kappa shape index (κ1) is 15.9. The molecular weight excluding hydrogens is 280 g/mol. The van der Waals surface area contributed by atoms with E-state index in [9.17, 15) is 0 Å². The minimum Gasteiger partial charge on any atom is -0.341 e. The summed E-state index contributed by atoms with van der Waals surface area (Å²) in [5.74, 6) is 0. The average Bonchev–Trinajstić information content (AvgIpc) is 2.80. The van der Waals surface area contributed by atoms with Gasteiger partial charge in [0.1, 0.15) is 0 Å². The minimum absolute atomic E-state index is 0. The SMILES string of the molecule is CCC[C@@H](N)c1ccc2c(c1)c1ccccc1n2CC.Cl. The van der Waals surface area contributed by atoms with E-state index in [-0.39, 0.29) is 18.4 Å². The molecule has 0 aliphatic carbocycles. The topological polar surface area (TPSA) is 30.9 Å². The van der Waals surface area contributed by atoms with E-state index >= 15 is 0 Å². The number of nitrogens with zero attached hydrogens (tertiary/aromatic N) is 1. The third-order valence-corrected chi connectivity index (χ3v) is 4.14. The molecule has 2 nitrogen and oxygen atoms in total. The van der Waals surface area contributed by atoms with E-state index in [1.807, 2.05) is 0 Å². The number of benzene rings is 2. The molecule has 1 heterocycles. The van der Waals surface area contributed by atoms with Crippen LogP contribution in [0.25, 0.3) is 21.8 Å². The van der Waals surface area contributed by atoms with Crippen molar-refractivity contribution in [1.82, 2.24) is 4.57 Å². The van der Waals surface area contributed by atoms with Crippen molar-refractivity contribution in [3.8, 4) is 0 Å². The molecule has 1 aromatic heterocycles. The molecule has 3 heteroatoms. The lowest BCUT2D eigenvalue weighted by molar-refractivity contribution is 0.639. The summed E-state index contributed by atoms with van der Waals surface area (Å²) >= 11 is 0. The summed E-state index contributed by atoms with van der Waals surface area (Å²) < 4.78 is 2.37. The second-order valence-electron chi connectivity index (χ2n) is 5.43. The third kappa shape index (κ3) is 2.66. The maximum absolute atomic E-state index is 6.27. The van der Waals surface area contributed by atoms with E-state index in [0.29, 0.717) is 0 Å². The van der Waals surface area contributed by atoms with Crippen LogP contribution in [-0.4, -0.2) is 4.57 Å². The highest BCUT2D eigenvalue weighted by molar-refractivity contribution is 6.08. The molecule has 0 unspecified atom stereocenters. The molecule has 3 aromatic rings. The summed E-state index contributed by atoms with van der Waals surface area (Å²) in [6.45, 7) is 5.37. The van der Waals surface area contributed by atoms with Gasteiger partial charge in [0.15, 0.2) is 0 Å². The quantitative estimate of drug-likeness (QED) is 0.719. The van der Waals surface area contributed by atoms with Crippen molar-refractivity contribution >= 4 is 34.2 Å². The van der Waals surface area contributed by atoms with Crippen LogP contribution in [0.5, 0.6) is 0 Å². The first-order valence-corrected chi connectivity index (χ1v) is 7.52. The molecule has 0 saturated carbocycles. The van der Waals surface area contributed by atoms with Gasteiger partial charge in [0, 0.05) is 34.4 Å². The fourth-order valence-electron chi connectivity index (χ4n) is 3.12. The Morgan fingerprint density at radius 2 is 1.71 bits per heavy atom. The number of rotatable bonds is 4. The molecule has 2 N–H and O–H groups in total. The van der Waals surface area contributed by atoms with Gasteiger partial charge in [0.05, 0.1) is 0 Å². The van der Waals surface area contributed by atoms with E-state index in [1.54, 1.807) is 0 Å².